The smallest absolute Gasteiger partial charge is 0.344 e. The van der Waals surface area contributed by atoms with Crippen LogP contribution >= 0.6 is 23.2 Å². The first-order chi connectivity index (χ1) is 26.7. The Balaban J connectivity index is 0.000000249. The summed E-state index contributed by atoms with van der Waals surface area (Å²) in [4.78, 5) is 69.0. The first-order valence-corrected chi connectivity index (χ1v) is 19.5. The van der Waals surface area contributed by atoms with Gasteiger partial charge in [-0.2, -0.15) is 4.98 Å². The van der Waals surface area contributed by atoms with Crippen LogP contribution in [0.15, 0.2) is 58.5 Å². The van der Waals surface area contributed by atoms with E-state index in [9.17, 15) is 36.8 Å². The number of nitrogens with zero attached hydrogens (tertiary/aromatic N) is 3. The third-order valence-corrected chi connectivity index (χ3v) is 9.87. The standard InChI is InChI=1S/C21H23ClFNO5.C15H15ClN4O6S/c1-2-3-6-9-28-19(25)12-29-18-11-17(16(23)10-15(18)22)24-20(26)13-7-4-5-8-14(13)21(24)27;1-3-26-13(21)9-6-4-5-7-10(9)27(23,24)20-15(22)19-14-17-11(16)8-12(18-14)25-2/h10-11H,2-9,12H2,1H3;4-8H,3H2,1-2H3,(H2,17,18,19,20,22). The number of halogens is 3. The lowest BCUT2D eigenvalue weighted by molar-refractivity contribution is -0.146. The first-order valence-electron chi connectivity index (χ1n) is 17.3. The number of aromatic nitrogens is 2. The number of hydrogen-bond acceptors (Lipinski definition) is 13. The van der Waals surface area contributed by atoms with Crippen LogP contribution in [0.3, 0.4) is 0 Å². The summed E-state index contributed by atoms with van der Waals surface area (Å²) in [7, 11) is -3.05. The summed E-state index contributed by atoms with van der Waals surface area (Å²) in [5, 5.41) is 2.04. The van der Waals surface area contributed by atoms with Crippen molar-refractivity contribution in [1.82, 2.24) is 14.7 Å². The average Bonchev–Trinajstić information content (AvgIpc) is 3.41. The van der Waals surface area contributed by atoms with Crippen LogP contribution in [0.2, 0.25) is 10.2 Å². The van der Waals surface area contributed by atoms with Crippen molar-refractivity contribution in [2.24, 2.45) is 0 Å². The summed E-state index contributed by atoms with van der Waals surface area (Å²) in [6, 6.07) is 7.61. The van der Waals surface area contributed by atoms with E-state index in [2.05, 4.69) is 15.3 Å². The van der Waals surface area contributed by atoms with Crippen molar-refractivity contribution in [2.75, 3.05) is 37.1 Å². The lowest BCUT2D eigenvalue weighted by Gasteiger charge is -2.18. The van der Waals surface area contributed by atoms with Crippen LogP contribution in [0.25, 0.3) is 0 Å². The molecule has 16 nitrogen and oxygen atoms in total. The molecule has 0 atom stereocenters. The van der Waals surface area contributed by atoms with Crippen molar-refractivity contribution in [2.45, 2.75) is 63.7 Å². The minimum Gasteiger partial charge on any atom is -0.481 e. The molecule has 1 aliphatic heterocycles. The molecule has 0 bridgehead atoms. The molecule has 0 saturated heterocycles. The molecule has 0 fully saturated rings. The first kappa shape index (κ1) is 43.4. The number of benzene rings is 2. The molecule has 300 valence electrons. The highest BCUT2D eigenvalue weighted by molar-refractivity contribution is 7.90. The number of rotatable bonds is 14. The van der Waals surface area contributed by atoms with E-state index in [0.717, 1.165) is 43.1 Å². The zero-order chi connectivity index (χ0) is 41.0. The van der Waals surface area contributed by atoms with Crippen LogP contribution in [0, 0.1) is 5.82 Å². The zero-order valence-electron chi connectivity index (χ0n) is 30.5. The quantitative estimate of drug-likeness (QED) is 0.0808. The summed E-state index contributed by atoms with van der Waals surface area (Å²) in [6.07, 6.45) is 5.40. The highest BCUT2D eigenvalue weighted by Crippen LogP contribution is 2.39. The maximum absolute atomic E-state index is 14.5. The van der Waals surface area contributed by atoms with Crippen LogP contribution in [-0.4, -0.2) is 75.1 Å². The van der Waals surface area contributed by atoms with Crippen LogP contribution < -0.4 is 24.4 Å². The van der Waals surface area contributed by atoms with E-state index < -0.39 is 57.1 Å². The average molecular weight is 839 g/mol. The van der Waals surface area contributed by atoms with Crippen molar-refractivity contribution in [3.05, 3.63) is 75.2 Å². The number of ether oxygens (including phenoxy) is 4. The number of sulfonamides is 1. The number of methoxy groups -OCH3 is 1. The maximum Gasteiger partial charge on any atom is 0.344 e. The maximum atomic E-state index is 14.5. The molecule has 4 amide bonds. The number of hydrogen-bond donors (Lipinski definition) is 2. The van der Waals surface area contributed by atoms with Gasteiger partial charge in [0, 0.05) is 23.3 Å². The number of imide groups is 1. The molecule has 0 unspecified atom stereocenters. The number of unbranched alkanes of at least 4 members (excludes halogenated alkanes) is 2. The predicted molar refractivity (Wildman–Crippen MR) is 201 cm³/mol. The highest BCUT2D eigenvalue weighted by atomic mass is 35.5. The van der Waals surface area contributed by atoms with Crippen LogP contribution in [0.5, 0.6) is 11.6 Å². The second kappa shape index (κ2) is 20.0. The summed E-state index contributed by atoms with van der Waals surface area (Å²) < 4.78 is 61.4. The Bertz CT molecular complexity index is 2110. The van der Waals surface area contributed by atoms with Gasteiger partial charge in [0.2, 0.25) is 11.8 Å². The Morgan fingerprint density at radius 3 is 2.27 bits per heavy atom. The molecule has 1 aromatic heterocycles. The summed E-state index contributed by atoms with van der Waals surface area (Å²) in [5.41, 5.74) is 0.466. The van der Waals surface area contributed by atoms with Gasteiger partial charge < -0.3 is 18.9 Å². The Kier molecular flexibility index (Phi) is 15.5. The fraction of sp³-hybridized carbons (Fsp3) is 0.361. The third-order valence-electron chi connectivity index (χ3n) is 7.99. The second-order valence-electron chi connectivity index (χ2n) is 11.9. The summed E-state index contributed by atoms with van der Waals surface area (Å²) >= 11 is 11.8. The summed E-state index contributed by atoms with van der Waals surface area (Å²) in [5.74, 6) is -3.44. The van der Waals surface area contributed by atoms with Crippen molar-refractivity contribution in [1.29, 1.82) is 0 Å². The molecule has 0 saturated carbocycles. The lowest BCUT2D eigenvalue weighted by Crippen LogP contribution is -2.35. The van der Waals surface area contributed by atoms with E-state index in [-0.39, 0.29) is 45.6 Å². The zero-order valence-corrected chi connectivity index (χ0v) is 32.8. The number of nitrogens with one attached hydrogen (secondary N) is 2. The minimum atomic E-state index is -4.38. The minimum absolute atomic E-state index is 0.000883. The number of esters is 2. The molecule has 5 rings (SSSR count). The molecule has 56 heavy (non-hydrogen) atoms. The Hall–Kier alpha value is -5.33. The van der Waals surface area contributed by atoms with Crippen LogP contribution in [-0.2, 0) is 33.9 Å². The molecule has 2 aromatic carbocycles. The van der Waals surface area contributed by atoms with E-state index >= 15 is 0 Å². The van der Waals surface area contributed by atoms with Crippen molar-refractivity contribution in [3.63, 3.8) is 0 Å². The highest BCUT2D eigenvalue weighted by Gasteiger charge is 2.41. The summed E-state index contributed by atoms with van der Waals surface area (Å²) in [6.45, 7) is 3.58. The van der Waals surface area contributed by atoms with Gasteiger partial charge in [-0.1, -0.05) is 55.1 Å². The van der Waals surface area contributed by atoms with E-state index in [4.69, 9.17) is 42.1 Å². The predicted octanol–water partition coefficient (Wildman–Crippen LogP) is 6.16. The van der Waals surface area contributed by atoms with Gasteiger partial charge in [-0.05, 0) is 57.2 Å². The fourth-order valence-corrected chi connectivity index (χ4v) is 6.90. The van der Waals surface area contributed by atoms with Gasteiger partial charge in [0.05, 0.1) is 36.6 Å². The van der Waals surface area contributed by atoms with Gasteiger partial charge in [-0.3, -0.25) is 14.9 Å². The van der Waals surface area contributed by atoms with E-state index in [0.29, 0.717) is 30.6 Å². The molecular formula is C36H38Cl2FN5O11S. The normalized spacial score (nSPS) is 13.6. The Morgan fingerprint density at radius 2 is 1.62 bits per heavy atom. The number of carbonyl (C=O) groups excluding carboxylic acids is 5. The van der Waals surface area contributed by atoms with Crippen molar-refractivity contribution < 1.29 is 55.7 Å². The lowest BCUT2D eigenvalue weighted by atomic mass is 9.93. The monoisotopic (exact) mass is 837 g/mol. The third kappa shape index (κ3) is 11.1. The number of anilines is 2. The van der Waals surface area contributed by atoms with Gasteiger partial charge >= 0.3 is 18.0 Å². The number of carbonyl (C=O) groups is 5. The van der Waals surface area contributed by atoms with E-state index in [1.54, 1.807) is 11.6 Å². The Morgan fingerprint density at radius 1 is 0.946 bits per heavy atom. The van der Waals surface area contributed by atoms with Gasteiger partial charge in [-0.25, -0.2) is 41.8 Å². The van der Waals surface area contributed by atoms with Crippen LogP contribution in [0.4, 0.5) is 20.8 Å². The molecule has 2 N–H and O–H groups in total. The molecule has 0 spiro atoms. The van der Waals surface area contributed by atoms with Crippen molar-refractivity contribution >= 4 is 74.6 Å². The molecule has 3 aromatic rings. The fourth-order valence-electron chi connectivity index (χ4n) is 5.42. The SMILES string of the molecule is CCCCCOC(=O)COc1cc(N2C(=O)C3=C(CCCC3)C2=O)c(F)cc1Cl.CCOC(=O)c1ccccc1S(=O)(=O)NC(=O)Nc1nc(Cl)cc(OC)n1. The number of amides is 4. The second-order valence-corrected chi connectivity index (χ2v) is 14.3. The van der Waals surface area contributed by atoms with Crippen LogP contribution in [0.1, 0.15) is 69.2 Å². The van der Waals surface area contributed by atoms with Gasteiger partial charge in [0.25, 0.3) is 21.8 Å². The van der Waals surface area contributed by atoms with Gasteiger partial charge in [0.1, 0.15) is 21.6 Å². The molecule has 2 aliphatic rings. The molecule has 20 heteroatoms. The molecule has 1 aliphatic carbocycles. The van der Waals surface area contributed by atoms with Gasteiger partial charge in [-0.15, -0.1) is 0 Å². The Labute approximate surface area is 331 Å². The number of urea groups is 1. The largest absolute Gasteiger partial charge is 0.481 e. The topological polar surface area (TPSA) is 209 Å². The van der Waals surface area contributed by atoms with E-state index in [1.807, 2.05) is 6.92 Å². The van der Waals surface area contributed by atoms with E-state index in [1.165, 1.54) is 43.5 Å². The van der Waals surface area contributed by atoms with Gasteiger partial charge in [0.15, 0.2) is 6.61 Å². The van der Waals surface area contributed by atoms with Crippen molar-refractivity contribution in [3.8, 4) is 11.6 Å². The molecule has 0 radical (unpaired) electrons. The molecular weight excluding hydrogens is 800 g/mol. The molecule has 2 heterocycles.